The van der Waals surface area contributed by atoms with Crippen LogP contribution in [0.2, 0.25) is 0 Å². The molecule has 0 radical (unpaired) electrons. The predicted molar refractivity (Wildman–Crippen MR) is 75.2 cm³/mol. The summed E-state index contributed by atoms with van der Waals surface area (Å²) in [6.07, 6.45) is 11.6. The van der Waals surface area contributed by atoms with Crippen LogP contribution in [-0.2, 0) is 0 Å². The lowest BCUT2D eigenvalue weighted by atomic mass is 9.80. The van der Waals surface area contributed by atoms with E-state index in [1.807, 2.05) is 0 Å². The summed E-state index contributed by atoms with van der Waals surface area (Å²) in [4.78, 5) is 0. The third kappa shape index (κ3) is 3.71. The van der Waals surface area contributed by atoms with Crippen LogP contribution in [-0.4, -0.2) is 12.6 Å². The van der Waals surface area contributed by atoms with Crippen molar-refractivity contribution >= 4 is 0 Å². The van der Waals surface area contributed by atoms with Gasteiger partial charge in [0.2, 0.25) is 0 Å². The van der Waals surface area contributed by atoms with Gasteiger partial charge in [0.25, 0.3) is 0 Å². The molecule has 0 spiro atoms. The Hall–Kier alpha value is -0.0400. The third-order valence-electron chi connectivity index (χ3n) is 5.25. The van der Waals surface area contributed by atoms with Crippen LogP contribution in [0.1, 0.15) is 72.1 Å². The van der Waals surface area contributed by atoms with Gasteiger partial charge in [-0.15, -0.1) is 0 Å². The molecular formula is C16H31N. The van der Waals surface area contributed by atoms with E-state index in [-0.39, 0.29) is 0 Å². The molecule has 0 amide bonds. The van der Waals surface area contributed by atoms with Crippen LogP contribution in [0.4, 0.5) is 0 Å². The van der Waals surface area contributed by atoms with Crippen LogP contribution in [0.25, 0.3) is 0 Å². The van der Waals surface area contributed by atoms with E-state index >= 15 is 0 Å². The molecule has 2 fully saturated rings. The Morgan fingerprint density at radius 1 is 1.12 bits per heavy atom. The van der Waals surface area contributed by atoms with Crippen molar-refractivity contribution in [2.45, 2.75) is 78.2 Å². The average molecular weight is 237 g/mol. The van der Waals surface area contributed by atoms with E-state index in [4.69, 9.17) is 0 Å². The van der Waals surface area contributed by atoms with Gasteiger partial charge in [-0.1, -0.05) is 46.5 Å². The molecule has 0 aromatic heterocycles. The van der Waals surface area contributed by atoms with Crippen molar-refractivity contribution < 1.29 is 0 Å². The standard InChI is InChI=1S/C16H31N/c1-13-6-4-7-14(12-13)9-11-17-15-8-5-10-16(15,2)3/h13-15,17H,4-12H2,1-3H3. The van der Waals surface area contributed by atoms with Crippen molar-refractivity contribution in [2.24, 2.45) is 17.3 Å². The molecule has 0 bridgehead atoms. The summed E-state index contributed by atoms with van der Waals surface area (Å²) < 4.78 is 0. The SMILES string of the molecule is CC1CCCC(CCNC2CCCC2(C)C)C1. The molecule has 1 N–H and O–H groups in total. The van der Waals surface area contributed by atoms with Gasteiger partial charge >= 0.3 is 0 Å². The van der Waals surface area contributed by atoms with Crippen molar-refractivity contribution in [1.29, 1.82) is 0 Å². The molecule has 100 valence electrons. The maximum Gasteiger partial charge on any atom is 0.0118 e. The van der Waals surface area contributed by atoms with Gasteiger partial charge in [0.1, 0.15) is 0 Å². The molecule has 0 aromatic rings. The summed E-state index contributed by atoms with van der Waals surface area (Å²) in [7, 11) is 0. The minimum atomic E-state index is 0.542. The van der Waals surface area contributed by atoms with Gasteiger partial charge in [0, 0.05) is 6.04 Å². The summed E-state index contributed by atoms with van der Waals surface area (Å²) in [5.74, 6) is 1.99. The van der Waals surface area contributed by atoms with Crippen molar-refractivity contribution in [2.75, 3.05) is 6.54 Å². The zero-order chi connectivity index (χ0) is 12.3. The highest BCUT2D eigenvalue weighted by Gasteiger charge is 2.33. The lowest BCUT2D eigenvalue weighted by molar-refractivity contribution is 0.245. The van der Waals surface area contributed by atoms with Gasteiger partial charge in [-0.3, -0.25) is 0 Å². The maximum atomic E-state index is 3.83. The van der Waals surface area contributed by atoms with Crippen LogP contribution >= 0.6 is 0 Å². The van der Waals surface area contributed by atoms with Gasteiger partial charge in [0.05, 0.1) is 0 Å². The first-order chi connectivity index (χ1) is 8.08. The average Bonchev–Trinajstić information content (AvgIpc) is 2.58. The second-order valence-corrected chi connectivity index (χ2v) is 7.31. The zero-order valence-electron chi connectivity index (χ0n) is 12.1. The predicted octanol–water partition coefficient (Wildman–Crippen LogP) is 4.37. The molecule has 1 heteroatoms. The van der Waals surface area contributed by atoms with Gasteiger partial charge in [-0.25, -0.2) is 0 Å². The molecule has 0 aliphatic heterocycles. The fourth-order valence-electron chi connectivity index (χ4n) is 3.99. The summed E-state index contributed by atoms with van der Waals surface area (Å²) in [6, 6.07) is 0.781. The fraction of sp³-hybridized carbons (Fsp3) is 1.00. The number of hydrogen-bond donors (Lipinski definition) is 1. The van der Waals surface area contributed by atoms with E-state index in [0.717, 1.165) is 17.9 Å². The van der Waals surface area contributed by atoms with E-state index in [0.29, 0.717) is 5.41 Å². The molecule has 2 aliphatic rings. The minimum absolute atomic E-state index is 0.542. The second-order valence-electron chi connectivity index (χ2n) is 7.31. The Labute approximate surface area is 108 Å². The van der Waals surface area contributed by atoms with E-state index < -0.39 is 0 Å². The first-order valence-electron chi connectivity index (χ1n) is 7.81. The highest BCUT2D eigenvalue weighted by molar-refractivity contribution is 4.90. The lowest BCUT2D eigenvalue weighted by Gasteiger charge is -2.30. The zero-order valence-corrected chi connectivity index (χ0v) is 12.1. The Morgan fingerprint density at radius 2 is 1.94 bits per heavy atom. The van der Waals surface area contributed by atoms with Gasteiger partial charge in [-0.2, -0.15) is 0 Å². The quantitative estimate of drug-likeness (QED) is 0.765. The fourth-order valence-corrected chi connectivity index (χ4v) is 3.99. The first kappa shape index (κ1) is 13.4. The van der Waals surface area contributed by atoms with Crippen LogP contribution in [0.5, 0.6) is 0 Å². The molecule has 0 saturated heterocycles. The number of hydrogen-bond acceptors (Lipinski definition) is 1. The van der Waals surface area contributed by atoms with E-state index in [1.165, 1.54) is 57.9 Å². The van der Waals surface area contributed by atoms with Crippen LogP contribution in [0.15, 0.2) is 0 Å². The summed E-state index contributed by atoms with van der Waals surface area (Å²) in [5, 5.41) is 3.83. The van der Waals surface area contributed by atoms with Crippen molar-refractivity contribution in [3.63, 3.8) is 0 Å². The van der Waals surface area contributed by atoms with Crippen LogP contribution < -0.4 is 5.32 Å². The Bertz CT molecular complexity index is 234. The highest BCUT2D eigenvalue weighted by atomic mass is 14.9. The topological polar surface area (TPSA) is 12.0 Å². The molecule has 2 aliphatic carbocycles. The van der Waals surface area contributed by atoms with Crippen LogP contribution in [0.3, 0.4) is 0 Å². The van der Waals surface area contributed by atoms with Crippen molar-refractivity contribution in [3.05, 3.63) is 0 Å². The minimum Gasteiger partial charge on any atom is -0.313 e. The normalized spacial score (nSPS) is 37.2. The Kier molecular flexibility index (Phi) is 4.52. The Morgan fingerprint density at radius 3 is 2.59 bits per heavy atom. The van der Waals surface area contributed by atoms with Crippen molar-refractivity contribution in [3.8, 4) is 0 Å². The largest absolute Gasteiger partial charge is 0.313 e. The number of rotatable bonds is 4. The molecule has 2 rings (SSSR count). The van der Waals surface area contributed by atoms with E-state index in [1.54, 1.807) is 0 Å². The number of nitrogens with one attached hydrogen (secondary N) is 1. The van der Waals surface area contributed by atoms with Crippen LogP contribution in [0, 0.1) is 17.3 Å². The summed E-state index contributed by atoms with van der Waals surface area (Å²) >= 11 is 0. The maximum absolute atomic E-state index is 3.83. The molecule has 3 atom stereocenters. The molecule has 1 nitrogen and oxygen atoms in total. The van der Waals surface area contributed by atoms with Crippen molar-refractivity contribution in [1.82, 2.24) is 5.32 Å². The lowest BCUT2D eigenvalue weighted by Crippen LogP contribution is -2.38. The highest BCUT2D eigenvalue weighted by Crippen LogP contribution is 2.37. The Balaban J connectivity index is 1.65. The summed E-state index contributed by atoms with van der Waals surface area (Å²) in [5.41, 5.74) is 0.542. The van der Waals surface area contributed by atoms with Gasteiger partial charge in [0.15, 0.2) is 0 Å². The molecule has 0 heterocycles. The smallest absolute Gasteiger partial charge is 0.0118 e. The molecule has 17 heavy (non-hydrogen) atoms. The first-order valence-corrected chi connectivity index (χ1v) is 7.81. The van der Waals surface area contributed by atoms with Gasteiger partial charge < -0.3 is 5.32 Å². The molecule has 0 aromatic carbocycles. The second kappa shape index (κ2) is 5.73. The van der Waals surface area contributed by atoms with Gasteiger partial charge in [-0.05, 0) is 49.5 Å². The summed E-state index contributed by atoms with van der Waals surface area (Å²) in [6.45, 7) is 8.55. The third-order valence-corrected chi connectivity index (χ3v) is 5.25. The van der Waals surface area contributed by atoms with E-state index in [2.05, 4.69) is 26.1 Å². The molecule has 2 saturated carbocycles. The van der Waals surface area contributed by atoms with E-state index in [9.17, 15) is 0 Å². The monoisotopic (exact) mass is 237 g/mol. The molecular weight excluding hydrogens is 206 g/mol. The molecule has 3 unspecified atom stereocenters.